The van der Waals surface area contributed by atoms with Gasteiger partial charge in [0, 0.05) is 11.5 Å². The molecule has 0 unspecified atom stereocenters. The van der Waals surface area contributed by atoms with Gasteiger partial charge in [0.15, 0.2) is 0 Å². The molecule has 0 N–H and O–H groups in total. The van der Waals surface area contributed by atoms with Gasteiger partial charge in [-0.15, -0.1) is 0 Å². The van der Waals surface area contributed by atoms with Gasteiger partial charge in [-0.05, 0) is 38.5 Å². The lowest BCUT2D eigenvalue weighted by Crippen LogP contribution is -2.31. The van der Waals surface area contributed by atoms with Crippen LogP contribution < -0.4 is 0 Å². The maximum Gasteiger partial charge on any atom is 0.379 e. The molecule has 19 heavy (non-hydrogen) atoms. The fraction of sp³-hybridized carbons (Fsp3) is 0.625. The first kappa shape index (κ1) is 14.0. The summed E-state index contributed by atoms with van der Waals surface area (Å²) in [5.74, 6) is -0.599. The molecular weight excluding hydrogens is 240 g/mol. The van der Waals surface area contributed by atoms with Crippen LogP contribution in [0.1, 0.15) is 46.0 Å². The van der Waals surface area contributed by atoms with E-state index in [1.807, 2.05) is 0 Å². The molecule has 3 aliphatic carbocycles. The number of rotatable bonds is 6. The van der Waals surface area contributed by atoms with Gasteiger partial charge in [0.1, 0.15) is 0 Å². The van der Waals surface area contributed by atoms with E-state index >= 15 is 0 Å². The molecular formula is C16H22O3. The minimum atomic E-state index is -0.688. The van der Waals surface area contributed by atoms with Gasteiger partial charge in [-0.1, -0.05) is 31.1 Å². The number of carbonyl (C=O) groups excluding carboxylic acids is 2. The highest BCUT2D eigenvalue weighted by atomic mass is 16.5. The second-order valence-electron chi connectivity index (χ2n) is 5.27. The van der Waals surface area contributed by atoms with Gasteiger partial charge in [0.2, 0.25) is 0 Å². The van der Waals surface area contributed by atoms with Crippen LogP contribution in [0.25, 0.3) is 0 Å². The number of ether oxygens (including phenoxy) is 1. The summed E-state index contributed by atoms with van der Waals surface area (Å²) in [6, 6.07) is 0. The number of allylic oxidation sites excluding steroid dienone is 3. The van der Waals surface area contributed by atoms with Crippen molar-refractivity contribution in [3.05, 3.63) is 23.3 Å². The van der Waals surface area contributed by atoms with E-state index in [2.05, 4.69) is 19.1 Å². The number of unbranched alkanes of at least 4 members (excludes halogenated alkanes) is 1. The highest BCUT2D eigenvalue weighted by Crippen LogP contribution is 2.43. The summed E-state index contributed by atoms with van der Waals surface area (Å²) in [5.41, 5.74) is 1.93. The molecule has 0 aromatic carbocycles. The van der Waals surface area contributed by atoms with Crippen molar-refractivity contribution in [2.24, 2.45) is 11.8 Å². The maximum atomic E-state index is 12.3. The Hall–Kier alpha value is -1.38. The van der Waals surface area contributed by atoms with Gasteiger partial charge in [-0.25, -0.2) is 4.79 Å². The van der Waals surface area contributed by atoms with Gasteiger partial charge >= 0.3 is 5.97 Å². The molecule has 3 aliphatic rings. The van der Waals surface area contributed by atoms with E-state index < -0.39 is 11.8 Å². The summed E-state index contributed by atoms with van der Waals surface area (Å²) in [6.45, 7) is 4.13. The Balaban J connectivity index is 2.26. The lowest BCUT2D eigenvalue weighted by Gasteiger charge is -2.35. The van der Waals surface area contributed by atoms with Crippen LogP contribution in [0.2, 0.25) is 0 Å². The minimum absolute atomic E-state index is 0.133. The van der Waals surface area contributed by atoms with Gasteiger partial charge in [0.05, 0.1) is 6.61 Å². The molecule has 2 atom stereocenters. The zero-order chi connectivity index (χ0) is 13.8. The van der Waals surface area contributed by atoms with Crippen molar-refractivity contribution in [1.82, 2.24) is 0 Å². The molecule has 0 aromatic rings. The minimum Gasteiger partial charge on any atom is -0.460 e. The Morgan fingerprint density at radius 2 is 1.89 bits per heavy atom. The average Bonchev–Trinajstić information content (AvgIpc) is 2.45. The normalized spacial score (nSPS) is 24.7. The molecule has 3 heteroatoms. The van der Waals surface area contributed by atoms with E-state index in [0.717, 1.165) is 37.7 Å². The van der Waals surface area contributed by atoms with Crippen LogP contribution in [0.5, 0.6) is 0 Å². The second-order valence-corrected chi connectivity index (χ2v) is 5.27. The predicted molar refractivity (Wildman–Crippen MR) is 73.5 cm³/mol. The third-order valence-electron chi connectivity index (χ3n) is 4.03. The van der Waals surface area contributed by atoms with Crippen molar-refractivity contribution < 1.29 is 14.3 Å². The lowest BCUT2D eigenvalue weighted by atomic mass is 9.69. The Morgan fingerprint density at radius 1 is 1.21 bits per heavy atom. The fourth-order valence-corrected chi connectivity index (χ4v) is 3.10. The van der Waals surface area contributed by atoms with Gasteiger partial charge in [-0.3, -0.25) is 4.79 Å². The number of Topliss-reactive ketones (excluding diaryl/α,β-unsaturated/α-hetero) is 1. The predicted octanol–water partition coefficient (Wildman–Crippen LogP) is 3.20. The van der Waals surface area contributed by atoms with E-state index in [1.54, 1.807) is 6.92 Å². The van der Waals surface area contributed by atoms with Crippen molar-refractivity contribution in [3.8, 4) is 0 Å². The third kappa shape index (κ3) is 2.80. The monoisotopic (exact) mass is 262 g/mol. The largest absolute Gasteiger partial charge is 0.460 e. The van der Waals surface area contributed by atoms with Crippen LogP contribution in [0.4, 0.5) is 0 Å². The first-order valence-electron chi connectivity index (χ1n) is 7.31. The van der Waals surface area contributed by atoms with E-state index in [-0.39, 0.29) is 12.5 Å². The van der Waals surface area contributed by atoms with Crippen molar-refractivity contribution in [3.63, 3.8) is 0 Å². The van der Waals surface area contributed by atoms with Gasteiger partial charge < -0.3 is 4.74 Å². The molecule has 0 amide bonds. The highest BCUT2D eigenvalue weighted by molar-refractivity contribution is 6.40. The van der Waals surface area contributed by atoms with Crippen LogP contribution in [0, 0.1) is 11.8 Å². The molecule has 0 heterocycles. The third-order valence-corrected chi connectivity index (χ3v) is 4.03. The lowest BCUT2D eigenvalue weighted by molar-refractivity contribution is -0.152. The Morgan fingerprint density at radius 3 is 2.47 bits per heavy atom. The van der Waals surface area contributed by atoms with E-state index in [1.165, 1.54) is 5.57 Å². The number of hydrogen-bond acceptors (Lipinski definition) is 3. The topological polar surface area (TPSA) is 43.4 Å². The molecule has 0 aliphatic heterocycles. The number of carbonyl (C=O) groups is 2. The van der Waals surface area contributed by atoms with Crippen molar-refractivity contribution in [2.45, 2.75) is 46.0 Å². The van der Waals surface area contributed by atoms with E-state index in [9.17, 15) is 9.59 Å². The van der Waals surface area contributed by atoms with Gasteiger partial charge in [-0.2, -0.15) is 0 Å². The summed E-state index contributed by atoms with van der Waals surface area (Å²) >= 11 is 0. The second kappa shape index (κ2) is 6.18. The zero-order valence-electron chi connectivity index (χ0n) is 11.8. The van der Waals surface area contributed by atoms with Crippen LogP contribution in [-0.2, 0) is 14.3 Å². The molecule has 0 radical (unpaired) electrons. The zero-order valence-corrected chi connectivity index (χ0v) is 11.8. The Bertz CT molecular complexity index is 431. The van der Waals surface area contributed by atoms with Crippen molar-refractivity contribution in [1.29, 1.82) is 0 Å². The fourth-order valence-electron chi connectivity index (χ4n) is 3.10. The summed E-state index contributed by atoms with van der Waals surface area (Å²) in [7, 11) is 0. The number of hydrogen-bond donors (Lipinski definition) is 0. The SMILES string of the molecule is CCCCC1=C(C(=O)C(=O)OCC)[C@@H]2C=C[C@H]1CC2. The highest BCUT2D eigenvalue weighted by Gasteiger charge is 2.37. The van der Waals surface area contributed by atoms with E-state index in [0.29, 0.717) is 5.92 Å². The van der Waals surface area contributed by atoms with Gasteiger partial charge in [0.25, 0.3) is 5.78 Å². The summed E-state index contributed by atoms with van der Waals surface area (Å²) in [5, 5.41) is 0. The van der Waals surface area contributed by atoms with Crippen LogP contribution >= 0.6 is 0 Å². The summed E-state index contributed by atoms with van der Waals surface area (Å²) < 4.78 is 4.87. The molecule has 0 saturated carbocycles. The van der Waals surface area contributed by atoms with Crippen LogP contribution in [0.15, 0.2) is 23.3 Å². The number of ketones is 1. The van der Waals surface area contributed by atoms with Crippen molar-refractivity contribution in [2.75, 3.05) is 6.61 Å². The van der Waals surface area contributed by atoms with Crippen molar-refractivity contribution >= 4 is 11.8 Å². The summed E-state index contributed by atoms with van der Waals surface area (Å²) in [6.07, 6.45) is 9.51. The number of fused-ring (bicyclic) bond motifs is 1. The molecule has 0 saturated heterocycles. The summed E-state index contributed by atoms with van der Waals surface area (Å²) in [4.78, 5) is 24.0. The molecule has 2 bridgehead atoms. The molecule has 3 rings (SSSR count). The quantitative estimate of drug-likeness (QED) is 0.419. The molecule has 0 fully saturated rings. The standard InChI is InChI=1S/C16H22O3/c1-3-5-6-13-11-7-9-12(10-8-11)14(13)15(17)16(18)19-4-2/h7,9,11-12H,3-6,8,10H2,1-2H3/t11-,12+/m0/s1. The molecule has 3 nitrogen and oxygen atoms in total. The first-order valence-corrected chi connectivity index (χ1v) is 7.31. The number of esters is 1. The average molecular weight is 262 g/mol. The van der Waals surface area contributed by atoms with Crippen LogP contribution in [0.3, 0.4) is 0 Å². The smallest absolute Gasteiger partial charge is 0.379 e. The molecule has 0 aromatic heterocycles. The molecule has 0 spiro atoms. The first-order chi connectivity index (χ1) is 9.19. The molecule has 104 valence electrons. The Labute approximate surface area is 114 Å². The maximum absolute atomic E-state index is 12.3. The van der Waals surface area contributed by atoms with E-state index in [4.69, 9.17) is 4.74 Å². The van der Waals surface area contributed by atoms with Crippen LogP contribution in [-0.4, -0.2) is 18.4 Å². The Kier molecular flexibility index (Phi) is 4.56.